The molecule has 3 amide bonds. The number of carbonyl (C=O) groups excluding carboxylic acids is 3. The van der Waals surface area contributed by atoms with Gasteiger partial charge in [0.2, 0.25) is 11.8 Å². The largest absolute Gasteiger partial charge is 2.00 e. The normalized spacial score (nSPS) is 17.1. The third-order valence-corrected chi connectivity index (χ3v) is 5.60. The SMILES string of the molecule is C[CH-]c1cccc(-n2cc(-c3ccc4c(c3)CN(C3CCC(=O)NC3=O)C4=O)nn2)n1.[CH3-].[Mo+2]. The van der Waals surface area contributed by atoms with Crippen LogP contribution >= 0.6 is 0 Å². The maximum Gasteiger partial charge on any atom is 2.00 e. The van der Waals surface area contributed by atoms with E-state index in [0.29, 0.717) is 30.0 Å². The molecule has 0 radical (unpaired) electrons. The van der Waals surface area contributed by atoms with Gasteiger partial charge >= 0.3 is 21.1 Å². The van der Waals surface area contributed by atoms with Crippen molar-refractivity contribution in [3.63, 3.8) is 0 Å². The van der Waals surface area contributed by atoms with Gasteiger partial charge in [0.15, 0.2) is 5.82 Å². The molecule has 1 unspecified atom stereocenters. The summed E-state index contributed by atoms with van der Waals surface area (Å²) in [6, 6.07) is 10.5. The molecule has 3 aromatic rings. The molecule has 33 heavy (non-hydrogen) atoms. The number of aromatic nitrogens is 4. The number of hydrogen-bond acceptors (Lipinski definition) is 6. The first kappa shape index (κ1) is 24.3. The number of benzene rings is 1. The van der Waals surface area contributed by atoms with Gasteiger partial charge < -0.3 is 12.3 Å². The number of carbonyl (C=O) groups is 3. The monoisotopic (exact) mass is 528 g/mol. The van der Waals surface area contributed by atoms with Gasteiger partial charge in [-0.05, 0) is 30.2 Å². The van der Waals surface area contributed by atoms with Crippen molar-refractivity contribution in [1.29, 1.82) is 0 Å². The Hall–Kier alpha value is -3.32. The third kappa shape index (κ3) is 4.46. The first-order chi connectivity index (χ1) is 15.0. The smallest absolute Gasteiger partial charge is 0.358 e. The molecule has 2 aromatic heterocycles. The summed E-state index contributed by atoms with van der Waals surface area (Å²) in [6.07, 6.45) is 4.27. The van der Waals surface area contributed by atoms with Gasteiger partial charge in [0, 0.05) is 24.1 Å². The van der Waals surface area contributed by atoms with Crippen LogP contribution in [0.25, 0.3) is 17.1 Å². The minimum atomic E-state index is -0.629. The Labute approximate surface area is 205 Å². The number of rotatable bonds is 4. The number of hydrogen-bond donors (Lipinski definition) is 1. The minimum absolute atomic E-state index is 0. The Morgan fingerprint density at radius 3 is 2.73 bits per heavy atom. The molecule has 0 saturated carbocycles. The van der Waals surface area contributed by atoms with Crippen molar-refractivity contribution in [2.75, 3.05) is 0 Å². The zero-order valence-corrected chi connectivity index (χ0v) is 20.2. The zero-order valence-electron chi connectivity index (χ0n) is 18.2. The molecule has 5 rings (SSSR count). The van der Waals surface area contributed by atoms with Crippen LogP contribution in [-0.4, -0.2) is 48.6 Å². The predicted octanol–water partition coefficient (Wildman–Crippen LogP) is 2.11. The molecule has 0 spiro atoms. The van der Waals surface area contributed by atoms with Crippen LogP contribution in [0.5, 0.6) is 0 Å². The van der Waals surface area contributed by atoms with Crippen molar-refractivity contribution in [1.82, 2.24) is 30.2 Å². The molecule has 0 bridgehead atoms. The summed E-state index contributed by atoms with van der Waals surface area (Å²) in [4.78, 5) is 42.5. The van der Waals surface area contributed by atoms with E-state index in [2.05, 4.69) is 20.6 Å². The molecular weight excluding hydrogens is 504 g/mol. The van der Waals surface area contributed by atoms with Gasteiger partial charge in [0.1, 0.15) is 11.7 Å². The van der Waals surface area contributed by atoms with Crippen LogP contribution in [0.3, 0.4) is 0 Å². The van der Waals surface area contributed by atoms with Crippen LogP contribution < -0.4 is 5.32 Å². The molecule has 2 aliphatic rings. The minimum Gasteiger partial charge on any atom is -0.358 e. The van der Waals surface area contributed by atoms with E-state index in [1.807, 2.05) is 43.7 Å². The van der Waals surface area contributed by atoms with Gasteiger partial charge in [-0.15, -0.1) is 18.1 Å². The molecule has 9 nitrogen and oxygen atoms in total. The fourth-order valence-electron chi connectivity index (χ4n) is 3.97. The van der Waals surface area contributed by atoms with Gasteiger partial charge in [0.05, 0.1) is 6.20 Å². The molecule has 1 saturated heterocycles. The van der Waals surface area contributed by atoms with Gasteiger partial charge in [-0.25, -0.2) is 11.1 Å². The van der Waals surface area contributed by atoms with Crippen molar-refractivity contribution in [3.8, 4) is 17.1 Å². The number of fused-ring (bicyclic) bond motifs is 1. The molecule has 2 aliphatic heterocycles. The van der Waals surface area contributed by atoms with Crippen LogP contribution in [0.1, 0.15) is 41.4 Å². The first-order valence-electron chi connectivity index (χ1n) is 10.0. The summed E-state index contributed by atoms with van der Waals surface area (Å²) in [5.74, 6) is -0.251. The van der Waals surface area contributed by atoms with E-state index in [1.54, 1.807) is 16.9 Å². The van der Waals surface area contributed by atoms with Gasteiger partial charge in [0.25, 0.3) is 5.91 Å². The zero-order chi connectivity index (χ0) is 21.5. The third-order valence-electron chi connectivity index (χ3n) is 5.60. The summed E-state index contributed by atoms with van der Waals surface area (Å²) in [5, 5.41) is 10.8. The van der Waals surface area contributed by atoms with E-state index in [0.717, 1.165) is 16.8 Å². The Morgan fingerprint density at radius 1 is 1.15 bits per heavy atom. The van der Waals surface area contributed by atoms with Gasteiger partial charge in [-0.1, -0.05) is 17.0 Å². The number of pyridine rings is 1. The van der Waals surface area contributed by atoms with Crippen molar-refractivity contribution in [3.05, 3.63) is 73.3 Å². The maximum atomic E-state index is 12.8. The van der Waals surface area contributed by atoms with E-state index in [1.165, 1.54) is 4.90 Å². The molecule has 1 atom stereocenters. The summed E-state index contributed by atoms with van der Waals surface area (Å²) in [5.41, 5.74) is 3.71. The number of imide groups is 1. The van der Waals surface area contributed by atoms with E-state index in [-0.39, 0.29) is 46.7 Å². The Bertz CT molecular complexity index is 1220. The van der Waals surface area contributed by atoms with Gasteiger partial charge in [-0.2, -0.15) is 6.07 Å². The first-order valence-corrected chi connectivity index (χ1v) is 10.0. The summed E-state index contributed by atoms with van der Waals surface area (Å²) in [7, 11) is 0. The van der Waals surface area contributed by atoms with Crippen molar-refractivity contribution in [2.45, 2.75) is 32.4 Å². The molecular formula is C23H22MoN6O3. The average Bonchev–Trinajstić information content (AvgIpc) is 3.39. The number of amides is 3. The van der Waals surface area contributed by atoms with Crippen molar-refractivity contribution >= 4 is 17.7 Å². The van der Waals surface area contributed by atoms with Crippen LogP contribution in [-0.2, 0) is 37.2 Å². The molecule has 1 N–H and O–H groups in total. The molecule has 10 heteroatoms. The fourth-order valence-corrected chi connectivity index (χ4v) is 3.97. The number of nitrogens with one attached hydrogen (secondary N) is 1. The van der Waals surface area contributed by atoms with Crippen molar-refractivity contribution in [2.24, 2.45) is 0 Å². The van der Waals surface area contributed by atoms with Crippen LogP contribution in [0, 0.1) is 13.8 Å². The molecule has 1 aromatic carbocycles. The van der Waals surface area contributed by atoms with E-state index in [9.17, 15) is 14.4 Å². The number of nitrogens with zero attached hydrogens (tertiary/aromatic N) is 5. The average molecular weight is 526 g/mol. The second-order valence-corrected chi connectivity index (χ2v) is 7.53. The summed E-state index contributed by atoms with van der Waals surface area (Å²) in [6.45, 7) is 2.24. The molecule has 1 fully saturated rings. The number of piperidine rings is 1. The van der Waals surface area contributed by atoms with E-state index in [4.69, 9.17) is 0 Å². The molecule has 0 aliphatic carbocycles. The predicted molar refractivity (Wildman–Crippen MR) is 116 cm³/mol. The quantitative estimate of drug-likeness (QED) is 0.317. The summed E-state index contributed by atoms with van der Waals surface area (Å²) >= 11 is 0. The fraction of sp³-hybridized carbons (Fsp3) is 0.217. The van der Waals surface area contributed by atoms with Crippen LogP contribution in [0.15, 0.2) is 42.6 Å². The van der Waals surface area contributed by atoms with E-state index >= 15 is 0 Å². The van der Waals surface area contributed by atoms with Gasteiger partial charge in [-0.3, -0.25) is 24.7 Å². The summed E-state index contributed by atoms with van der Waals surface area (Å²) < 4.78 is 1.61. The van der Waals surface area contributed by atoms with Crippen molar-refractivity contribution < 1.29 is 35.4 Å². The maximum absolute atomic E-state index is 12.8. The Balaban J connectivity index is 0.00000153. The second kappa shape index (κ2) is 9.66. The second-order valence-electron chi connectivity index (χ2n) is 7.53. The molecule has 168 valence electrons. The standard InChI is InChI=1S/C22H19N6O3.CH3.Mo/c1-2-15-4-3-5-19(23-15)28-12-17(25-26-28)13-6-7-16-14(10-13)11-27(22(16)31)18-8-9-20(29)24-21(18)30;;/h2-7,10,12,18H,8-9,11H2,1H3,(H,24,29,30);1H3;/q2*-1;+2. The van der Waals surface area contributed by atoms with E-state index < -0.39 is 11.9 Å². The topological polar surface area (TPSA) is 110 Å². The Morgan fingerprint density at radius 2 is 1.97 bits per heavy atom. The Kier molecular flexibility index (Phi) is 7.12. The van der Waals surface area contributed by atoms with Crippen LogP contribution in [0.4, 0.5) is 0 Å². The van der Waals surface area contributed by atoms with Crippen LogP contribution in [0.2, 0.25) is 0 Å². The molecule has 4 heterocycles.